The summed E-state index contributed by atoms with van der Waals surface area (Å²) in [6.07, 6.45) is 13.7. The van der Waals surface area contributed by atoms with Crippen molar-refractivity contribution in [3.05, 3.63) is 51.5 Å². The lowest BCUT2D eigenvalue weighted by Crippen LogP contribution is -2.41. The molecule has 0 radical (unpaired) electrons. The highest BCUT2D eigenvalue weighted by Crippen LogP contribution is 2.32. The van der Waals surface area contributed by atoms with E-state index in [1.807, 2.05) is 24.3 Å². The van der Waals surface area contributed by atoms with Crippen molar-refractivity contribution in [2.45, 2.75) is 76.8 Å². The fourth-order valence-corrected chi connectivity index (χ4v) is 6.57. The summed E-state index contributed by atoms with van der Waals surface area (Å²) in [5, 5.41) is 4.56. The number of rotatable bonds is 9. The van der Waals surface area contributed by atoms with Gasteiger partial charge in [0, 0.05) is 28.1 Å². The molecule has 0 saturated heterocycles. The van der Waals surface area contributed by atoms with Crippen LogP contribution >= 0.6 is 22.9 Å². The van der Waals surface area contributed by atoms with Crippen LogP contribution in [0, 0.1) is 5.92 Å². The molecule has 34 heavy (non-hydrogen) atoms. The van der Waals surface area contributed by atoms with Gasteiger partial charge in [0.2, 0.25) is 5.91 Å². The van der Waals surface area contributed by atoms with E-state index in [-0.39, 0.29) is 11.9 Å². The zero-order chi connectivity index (χ0) is 23.9. The van der Waals surface area contributed by atoms with Crippen molar-refractivity contribution >= 4 is 40.1 Å². The summed E-state index contributed by atoms with van der Waals surface area (Å²) in [6.45, 7) is 4.61. The van der Waals surface area contributed by atoms with E-state index < -0.39 is 0 Å². The molecular formula is C27H37ClN4OS. The van der Waals surface area contributed by atoms with Gasteiger partial charge in [0.25, 0.3) is 0 Å². The van der Waals surface area contributed by atoms with Gasteiger partial charge < -0.3 is 16.0 Å². The molecule has 3 N–H and O–H groups in total. The molecule has 1 aromatic heterocycles. The molecule has 1 saturated carbocycles. The van der Waals surface area contributed by atoms with Gasteiger partial charge in [-0.05, 0) is 94.5 Å². The number of hydrogen-bond acceptors (Lipinski definition) is 5. The zero-order valence-electron chi connectivity index (χ0n) is 20.1. The molecule has 1 heterocycles. The molecule has 5 nitrogen and oxygen atoms in total. The minimum atomic E-state index is -0.0298. The number of fused-ring (bicyclic) bond motifs is 1. The summed E-state index contributed by atoms with van der Waals surface area (Å²) in [4.78, 5) is 21.0. The van der Waals surface area contributed by atoms with Crippen LogP contribution in [-0.2, 0) is 17.6 Å². The Morgan fingerprint density at radius 1 is 1.24 bits per heavy atom. The van der Waals surface area contributed by atoms with E-state index >= 15 is 0 Å². The molecule has 4 rings (SSSR count). The first-order valence-corrected chi connectivity index (χ1v) is 13.9. The number of nitrogens with zero attached hydrogens (tertiary/aromatic N) is 2. The molecule has 1 aromatic carbocycles. The maximum Gasteiger partial charge on any atom is 0.244 e. The number of benzene rings is 1. The topological polar surface area (TPSA) is 71.2 Å². The second kappa shape index (κ2) is 12.2. The van der Waals surface area contributed by atoms with Crippen LogP contribution in [-0.4, -0.2) is 41.0 Å². The lowest BCUT2D eigenvalue weighted by atomic mass is 9.83. The Bertz CT molecular complexity index is 983. The van der Waals surface area contributed by atoms with E-state index in [2.05, 4.69) is 22.1 Å². The molecule has 1 amide bonds. The van der Waals surface area contributed by atoms with Crippen molar-refractivity contribution in [2.24, 2.45) is 5.92 Å². The highest BCUT2D eigenvalue weighted by molar-refractivity contribution is 7.15. The smallest absolute Gasteiger partial charge is 0.244 e. The third-order valence-electron chi connectivity index (χ3n) is 7.29. The van der Waals surface area contributed by atoms with E-state index in [9.17, 15) is 4.79 Å². The van der Waals surface area contributed by atoms with Gasteiger partial charge in [-0.2, -0.15) is 0 Å². The molecule has 0 bridgehead atoms. The van der Waals surface area contributed by atoms with Crippen molar-refractivity contribution in [3.63, 3.8) is 0 Å². The quantitative estimate of drug-likeness (QED) is 0.431. The summed E-state index contributed by atoms with van der Waals surface area (Å²) in [7, 11) is 0. The summed E-state index contributed by atoms with van der Waals surface area (Å²) in [5.41, 5.74) is 8.05. The number of amides is 1. The van der Waals surface area contributed by atoms with Crippen LogP contribution in [0.15, 0.2) is 30.3 Å². The molecular weight excluding hydrogens is 464 g/mol. The number of nitrogen functional groups attached to an aromatic ring is 1. The predicted octanol–water partition coefficient (Wildman–Crippen LogP) is 5.73. The van der Waals surface area contributed by atoms with Crippen molar-refractivity contribution in [2.75, 3.05) is 18.8 Å². The summed E-state index contributed by atoms with van der Waals surface area (Å²) in [5.74, 6) is 0.724. The number of anilines is 1. The first-order valence-electron chi connectivity index (χ1n) is 12.7. The fraction of sp³-hybridized carbons (Fsp3) is 0.556. The van der Waals surface area contributed by atoms with E-state index in [0.717, 1.165) is 48.8 Å². The second-order valence-electron chi connectivity index (χ2n) is 9.72. The predicted molar refractivity (Wildman–Crippen MR) is 143 cm³/mol. The van der Waals surface area contributed by atoms with Crippen molar-refractivity contribution in [1.82, 2.24) is 15.2 Å². The molecule has 0 spiro atoms. The first kappa shape index (κ1) is 25.2. The number of carbonyl (C=O) groups is 1. The number of nitrogens with one attached hydrogen (secondary N) is 1. The van der Waals surface area contributed by atoms with Gasteiger partial charge in [-0.25, -0.2) is 4.98 Å². The summed E-state index contributed by atoms with van der Waals surface area (Å²) >= 11 is 7.84. The molecule has 1 fully saturated rings. The molecule has 1 unspecified atom stereocenters. The summed E-state index contributed by atoms with van der Waals surface area (Å²) in [6, 6.07) is 8.46. The van der Waals surface area contributed by atoms with Crippen molar-refractivity contribution < 1.29 is 4.79 Å². The molecule has 2 aliphatic rings. The lowest BCUT2D eigenvalue weighted by molar-refractivity contribution is -0.117. The Hall–Kier alpha value is -1.89. The average Bonchev–Trinajstić information content (AvgIpc) is 3.21. The van der Waals surface area contributed by atoms with E-state index in [4.69, 9.17) is 17.3 Å². The maximum absolute atomic E-state index is 12.4. The number of carbonyl (C=O) groups excluding carboxylic acids is 1. The van der Waals surface area contributed by atoms with Crippen LogP contribution < -0.4 is 11.1 Å². The number of thiazole rings is 1. The van der Waals surface area contributed by atoms with Gasteiger partial charge in [0.05, 0.1) is 5.69 Å². The SMILES string of the molecule is CCCN(CCC1CCC(NC(=O)C=Cc2ccccc2Cl)CC1)C1CCc2nc(N)sc2C1. The Morgan fingerprint density at radius 2 is 2.03 bits per heavy atom. The van der Waals surface area contributed by atoms with Gasteiger partial charge in [-0.1, -0.05) is 36.7 Å². The highest BCUT2D eigenvalue weighted by atomic mass is 35.5. The molecule has 7 heteroatoms. The van der Waals surface area contributed by atoms with Crippen molar-refractivity contribution in [3.8, 4) is 0 Å². The fourth-order valence-electron chi connectivity index (χ4n) is 5.42. The van der Waals surface area contributed by atoms with Crippen LogP contribution in [0.3, 0.4) is 0 Å². The largest absolute Gasteiger partial charge is 0.375 e. The van der Waals surface area contributed by atoms with Crippen LogP contribution in [0.2, 0.25) is 5.02 Å². The minimum absolute atomic E-state index is 0.0298. The third kappa shape index (κ3) is 6.83. The Labute approximate surface area is 212 Å². The van der Waals surface area contributed by atoms with E-state index in [1.165, 1.54) is 49.2 Å². The third-order valence-corrected chi connectivity index (χ3v) is 8.59. The molecule has 184 valence electrons. The average molecular weight is 501 g/mol. The van der Waals surface area contributed by atoms with Gasteiger partial charge in [-0.15, -0.1) is 11.3 Å². The van der Waals surface area contributed by atoms with E-state index in [1.54, 1.807) is 23.5 Å². The maximum atomic E-state index is 12.4. The van der Waals surface area contributed by atoms with Crippen LogP contribution in [0.1, 0.15) is 68.0 Å². The number of nitrogens with two attached hydrogens (primary N) is 1. The normalized spacial score (nSPS) is 22.7. The Kier molecular flexibility index (Phi) is 9.04. The lowest BCUT2D eigenvalue weighted by Gasteiger charge is -2.36. The van der Waals surface area contributed by atoms with Gasteiger partial charge in [0.1, 0.15) is 0 Å². The zero-order valence-corrected chi connectivity index (χ0v) is 21.7. The number of aryl methyl sites for hydroxylation is 1. The van der Waals surface area contributed by atoms with Crippen LogP contribution in [0.5, 0.6) is 0 Å². The highest BCUT2D eigenvalue weighted by Gasteiger charge is 2.28. The molecule has 0 aliphatic heterocycles. The summed E-state index contributed by atoms with van der Waals surface area (Å²) < 4.78 is 0. The standard InChI is InChI=1S/C27H37ClN4OS/c1-2-16-32(22-12-13-24-25(18-22)34-27(29)31-24)17-15-19-7-10-21(11-8-19)30-26(33)14-9-20-5-3-4-6-23(20)28/h3-6,9,14,19,21-22H,2,7-8,10-13,15-18H2,1H3,(H2,29,31)(H,30,33). The first-order chi connectivity index (χ1) is 16.5. The van der Waals surface area contributed by atoms with E-state index in [0.29, 0.717) is 11.1 Å². The van der Waals surface area contributed by atoms with Crippen LogP contribution in [0.4, 0.5) is 5.13 Å². The second-order valence-corrected chi connectivity index (χ2v) is 11.2. The number of halogens is 1. The molecule has 2 aliphatic carbocycles. The Morgan fingerprint density at radius 3 is 2.79 bits per heavy atom. The number of aromatic nitrogens is 1. The number of hydrogen-bond donors (Lipinski definition) is 2. The molecule has 1 atom stereocenters. The van der Waals surface area contributed by atoms with Gasteiger partial charge >= 0.3 is 0 Å². The van der Waals surface area contributed by atoms with Crippen LogP contribution in [0.25, 0.3) is 6.08 Å². The van der Waals surface area contributed by atoms with Gasteiger partial charge in [-0.3, -0.25) is 4.79 Å². The molecule has 2 aromatic rings. The van der Waals surface area contributed by atoms with Crippen molar-refractivity contribution in [1.29, 1.82) is 0 Å². The Balaban J connectivity index is 1.20. The monoisotopic (exact) mass is 500 g/mol. The minimum Gasteiger partial charge on any atom is -0.375 e. The van der Waals surface area contributed by atoms with Gasteiger partial charge in [0.15, 0.2) is 5.13 Å².